The first kappa shape index (κ1) is 19.2. The number of nitrogens with one attached hydrogen (secondary N) is 2. The first-order valence-electron chi connectivity index (χ1n) is 9.93. The number of amides is 6. The molecule has 6 amide bonds. The van der Waals surface area contributed by atoms with Crippen molar-refractivity contribution >= 4 is 35.3 Å². The topological polar surface area (TPSA) is 125 Å². The van der Waals surface area contributed by atoms with Gasteiger partial charge in [0.1, 0.15) is 12.1 Å². The number of primary amides is 1. The highest BCUT2D eigenvalue weighted by atomic mass is 16.2. The van der Waals surface area contributed by atoms with Gasteiger partial charge in [-0.05, 0) is 61.8 Å². The van der Waals surface area contributed by atoms with E-state index in [1.165, 1.54) is 4.90 Å². The molecule has 4 rings (SSSR count). The number of urea groups is 2. The van der Waals surface area contributed by atoms with E-state index in [9.17, 15) is 19.2 Å². The Balaban J connectivity index is 1.41. The smallest absolute Gasteiger partial charge is 0.325 e. The van der Waals surface area contributed by atoms with E-state index in [2.05, 4.69) is 17.6 Å². The fourth-order valence-corrected chi connectivity index (χ4v) is 4.47. The van der Waals surface area contributed by atoms with Crippen LogP contribution < -0.4 is 21.3 Å². The van der Waals surface area contributed by atoms with E-state index in [-0.39, 0.29) is 12.5 Å². The maximum Gasteiger partial charge on any atom is 0.325 e. The van der Waals surface area contributed by atoms with E-state index >= 15 is 0 Å². The minimum absolute atomic E-state index is 0.310. The molecule has 4 N–H and O–H groups in total. The fourth-order valence-electron chi connectivity index (χ4n) is 4.47. The molecule has 29 heavy (non-hydrogen) atoms. The Morgan fingerprint density at radius 1 is 1.28 bits per heavy atom. The van der Waals surface area contributed by atoms with Crippen LogP contribution in [0, 0.1) is 5.92 Å². The molecule has 1 spiro atoms. The van der Waals surface area contributed by atoms with E-state index in [4.69, 9.17) is 5.73 Å². The van der Waals surface area contributed by atoms with Gasteiger partial charge >= 0.3 is 12.1 Å². The Labute approximate surface area is 168 Å². The summed E-state index contributed by atoms with van der Waals surface area (Å²) >= 11 is 0. The lowest BCUT2D eigenvalue weighted by Gasteiger charge is -2.33. The molecule has 1 saturated heterocycles. The first-order chi connectivity index (χ1) is 13.8. The number of rotatable bonds is 3. The summed E-state index contributed by atoms with van der Waals surface area (Å²) in [5.41, 5.74) is 6.70. The van der Waals surface area contributed by atoms with E-state index in [1.54, 1.807) is 18.2 Å². The van der Waals surface area contributed by atoms with Crippen LogP contribution in [0.15, 0.2) is 18.2 Å². The molecule has 2 aliphatic heterocycles. The molecule has 1 aliphatic carbocycles. The average Bonchev–Trinajstić information content (AvgIpc) is 3.19. The van der Waals surface area contributed by atoms with Gasteiger partial charge in [0.2, 0.25) is 5.91 Å². The van der Waals surface area contributed by atoms with Crippen LogP contribution in [0.25, 0.3) is 0 Å². The Hall–Kier alpha value is -3.10. The van der Waals surface area contributed by atoms with E-state index < -0.39 is 23.5 Å². The van der Waals surface area contributed by atoms with Crippen LogP contribution in [0.4, 0.5) is 21.0 Å². The summed E-state index contributed by atoms with van der Waals surface area (Å²) in [6, 6.07) is 4.17. The number of fused-ring (bicyclic) bond motifs is 1. The van der Waals surface area contributed by atoms with Crippen molar-refractivity contribution in [1.29, 1.82) is 0 Å². The number of benzene rings is 1. The fraction of sp³-hybridized carbons (Fsp3) is 0.500. The van der Waals surface area contributed by atoms with Crippen LogP contribution in [0.1, 0.15) is 38.2 Å². The molecular formula is C20H25N5O4. The molecule has 9 nitrogen and oxygen atoms in total. The molecule has 0 aromatic heterocycles. The van der Waals surface area contributed by atoms with Gasteiger partial charge < -0.3 is 16.4 Å². The molecule has 2 fully saturated rings. The molecule has 1 saturated carbocycles. The molecule has 0 radical (unpaired) electrons. The second-order valence-electron chi connectivity index (χ2n) is 8.22. The summed E-state index contributed by atoms with van der Waals surface area (Å²) in [7, 11) is 0. The standard InChI is InChI=1S/C20H25N5O4/c1-12-4-7-20(8-5-12)17(27)25(19(29)23-20)11-16(26)22-14-2-3-15-13(10-14)6-9-24(15)18(21)28/h2-3,10,12H,4-9,11H2,1H3,(H2,21,28)(H,22,26)(H,23,29). The van der Waals surface area contributed by atoms with Crippen molar-refractivity contribution in [1.82, 2.24) is 10.2 Å². The van der Waals surface area contributed by atoms with Crippen molar-refractivity contribution < 1.29 is 19.2 Å². The maximum absolute atomic E-state index is 12.9. The minimum atomic E-state index is -0.852. The summed E-state index contributed by atoms with van der Waals surface area (Å²) in [5.74, 6) is -0.219. The lowest BCUT2D eigenvalue weighted by Crippen LogP contribution is -2.49. The molecule has 1 aromatic rings. The Morgan fingerprint density at radius 3 is 2.69 bits per heavy atom. The Bertz CT molecular complexity index is 891. The van der Waals surface area contributed by atoms with Gasteiger partial charge in [0.05, 0.1) is 0 Å². The molecular weight excluding hydrogens is 374 g/mol. The van der Waals surface area contributed by atoms with Crippen LogP contribution in [-0.4, -0.2) is 47.4 Å². The third-order valence-electron chi connectivity index (χ3n) is 6.20. The largest absolute Gasteiger partial charge is 0.351 e. The highest BCUT2D eigenvalue weighted by Crippen LogP contribution is 2.36. The summed E-state index contributed by atoms with van der Waals surface area (Å²) in [6.45, 7) is 2.32. The van der Waals surface area contributed by atoms with Gasteiger partial charge in [-0.15, -0.1) is 0 Å². The third-order valence-corrected chi connectivity index (χ3v) is 6.20. The second-order valence-corrected chi connectivity index (χ2v) is 8.22. The van der Waals surface area contributed by atoms with Crippen molar-refractivity contribution in [3.8, 4) is 0 Å². The molecule has 0 atom stereocenters. The van der Waals surface area contributed by atoms with Crippen molar-refractivity contribution in [2.75, 3.05) is 23.3 Å². The van der Waals surface area contributed by atoms with Crippen LogP contribution in [-0.2, 0) is 16.0 Å². The average molecular weight is 399 g/mol. The molecule has 1 aromatic carbocycles. The zero-order valence-corrected chi connectivity index (χ0v) is 16.4. The number of hydrogen-bond donors (Lipinski definition) is 3. The van der Waals surface area contributed by atoms with Crippen LogP contribution in [0.5, 0.6) is 0 Å². The first-order valence-corrected chi connectivity index (χ1v) is 9.93. The molecule has 154 valence electrons. The second kappa shape index (κ2) is 7.06. The van der Waals surface area contributed by atoms with Gasteiger partial charge in [0.25, 0.3) is 5.91 Å². The zero-order chi connectivity index (χ0) is 20.8. The SMILES string of the molecule is CC1CCC2(CC1)NC(=O)N(CC(=O)Nc1ccc3c(c1)CCN3C(N)=O)C2=O. The summed E-state index contributed by atoms with van der Waals surface area (Å²) in [6.07, 6.45) is 3.62. The number of hydrogen-bond acceptors (Lipinski definition) is 4. The van der Waals surface area contributed by atoms with Crippen LogP contribution >= 0.6 is 0 Å². The van der Waals surface area contributed by atoms with Gasteiger partial charge in [-0.1, -0.05) is 6.92 Å². The van der Waals surface area contributed by atoms with Crippen molar-refractivity contribution in [3.63, 3.8) is 0 Å². The van der Waals surface area contributed by atoms with Crippen molar-refractivity contribution in [2.45, 2.75) is 44.6 Å². The van der Waals surface area contributed by atoms with E-state index in [0.717, 1.165) is 29.0 Å². The van der Waals surface area contributed by atoms with Gasteiger partial charge in [0.15, 0.2) is 0 Å². The van der Waals surface area contributed by atoms with Crippen molar-refractivity contribution in [2.24, 2.45) is 11.7 Å². The van der Waals surface area contributed by atoms with Crippen LogP contribution in [0.2, 0.25) is 0 Å². The monoisotopic (exact) mass is 399 g/mol. The summed E-state index contributed by atoms with van der Waals surface area (Å²) in [4.78, 5) is 51.6. The molecule has 0 unspecified atom stereocenters. The highest BCUT2D eigenvalue weighted by molar-refractivity contribution is 6.10. The summed E-state index contributed by atoms with van der Waals surface area (Å²) < 4.78 is 0. The van der Waals surface area contributed by atoms with Gasteiger partial charge in [0, 0.05) is 17.9 Å². The molecule has 9 heteroatoms. The molecule has 0 bridgehead atoms. The van der Waals surface area contributed by atoms with E-state index in [1.807, 2.05) is 0 Å². The number of nitrogens with zero attached hydrogens (tertiary/aromatic N) is 2. The Kier molecular flexibility index (Phi) is 4.68. The molecule has 2 heterocycles. The number of nitrogens with two attached hydrogens (primary N) is 1. The molecule has 3 aliphatic rings. The number of carbonyl (C=O) groups is 4. The normalized spacial score (nSPS) is 25.9. The number of carbonyl (C=O) groups excluding carboxylic acids is 4. The van der Waals surface area contributed by atoms with Crippen molar-refractivity contribution in [3.05, 3.63) is 23.8 Å². The minimum Gasteiger partial charge on any atom is -0.351 e. The lowest BCUT2D eigenvalue weighted by molar-refractivity contribution is -0.135. The number of imide groups is 1. The quantitative estimate of drug-likeness (QED) is 0.667. The summed E-state index contributed by atoms with van der Waals surface area (Å²) in [5, 5.41) is 5.55. The van der Waals surface area contributed by atoms with Gasteiger partial charge in [-0.25, -0.2) is 9.59 Å². The number of anilines is 2. The third kappa shape index (κ3) is 3.41. The van der Waals surface area contributed by atoms with Crippen LogP contribution in [0.3, 0.4) is 0 Å². The predicted octanol–water partition coefficient (Wildman–Crippen LogP) is 1.57. The van der Waals surface area contributed by atoms with E-state index in [0.29, 0.717) is 37.4 Å². The zero-order valence-electron chi connectivity index (χ0n) is 16.4. The van der Waals surface area contributed by atoms with Gasteiger partial charge in [-0.3, -0.25) is 19.4 Å². The Morgan fingerprint density at radius 2 is 2.00 bits per heavy atom. The predicted molar refractivity (Wildman–Crippen MR) is 106 cm³/mol. The highest BCUT2D eigenvalue weighted by Gasteiger charge is 2.52. The lowest BCUT2D eigenvalue weighted by atomic mass is 9.77. The van der Waals surface area contributed by atoms with Gasteiger partial charge in [-0.2, -0.15) is 0 Å². The maximum atomic E-state index is 12.9.